The van der Waals surface area contributed by atoms with Gasteiger partial charge in [-0.1, -0.05) is 12.1 Å². The standard InChI is InChI=1S/C20H19FN4O3/c21-18-7-16(19-17(8-18)10-27-13-28-19)5-6-23-20(26)15-3-1-14(2-4-15)9-25-12-22-11-24-25/h1-4,7-8,11-12H,5-6,9-10,13H2,(H,23,26). The lowest BCUT2D eigenvalue weighted by Gasteiger charge is -2.21. The quantitative estimate of drug-likeness (QED) is 0.708. The van der Waals surface area contributed by atoms with Crippen molar-refractivity contribution in [2.45, 2.75) is 19.6 Å². The monoisotopic (exact) mass is 382 g/mol. The van der Waals surface area contributed by atoms with E-state index in [1.165, 1.54) is 18.5 Å². The molecule has 28 heavy (non-hydrogen) atoms. The maximum Gasteiger partial charge on any atom is 0.251 e. The van der Waals surface area contributed by atoms with Gasteiger partial charge in [-0.3, -0.25) is 4.79 Å². The molecule has 2 aromatic carbocycles. The number of benzene rings is 2. The van der Waals surface area contributed by atoms with Gasteiger partial charge in [-0.2, -0.15) is 5.10 Å². The van der Waals surface area contributed by atoms with Crippen molar-refractivity contribution >= 4 is 5.91 Å². The Hall–Kier alpha value is -3.26. The first-order chi connectivity index (χ1) is 13.7. The van der Waals surface area contributed by atoms with Gasteiger partial charge in [0.25, 0.3) is 5.91 Å². The number of hydrogen-bond donors (Lipinski definition) is 1. The third-order valence-corrected chi connectivity index (χ3v) is 4.46. The van der Waals surface area contributed by atoms with E-state index in [1.54, 1.807) is 23.1 Å². The number of hydrogen-bond acceptors (Lipinski definition) is 5. The number of carbonyl (C=O) groups excluding carboxylic acids is 1. The zero-order chi connectivity index (χ0) is 19.3. The number of fused-ring (bicyclic) bond motifs is 1. The van der Waals surface area contributed by atoms with Crippen molar-refractivity contribution in [1.29, 1.82) is 0 Å². The molecule has 1 N–H and O–H groups in total. The molecule has 2 heterocycles. The van der Waals surface area contributed by atoms with E-state index >= 15 is 0 Å². The molecule has 1 aromatic heterocycles. The number of nitrogens with zero attached hydrogens (tertiary/aromatic N) is 3. The molecule has 0 atom stereocenters. The van der Waals surface area contributed by atoms with E-state index in [1.807, 2.05) is 12.1 Å². The summed E-state index contributed by atoms with van der Waals surface area (Å²) in [7, 11) is 0. The van der Waals surface area contributed by atoms with Crippen LogP contribution in [0.2, 0.25) is 0 Å². The molecule has 1 amide bonds. The fourth-order valence-electron chi connectivity index (χ4n) is 3.12. The van der Waals surface area contributed by atoms with Crippen LogP contribution >= 0.6 is 0 Å². The molecule has 7 nitrogen and oxygen atoms in total. The van der Waals surface area contributed by atoms with Gasteiger partial charge >= 0.3 is 0 Å². The Kier molecular flexibility index (Phi) is 5.29. The van der Waals surface area contributed by atoms with Gasteiger partial charge in [0.15, 0.2) is 6.79 Å². The fourth-order valence-corrected chi connectivity index (χ4v) is 3.12. The topological polar surface area (TPSA) is 78.3 Å². The number of amides is 1. The lowest BCUT2D eigenvalue weighted by molar-refractivity contribution is -0.0172. The summed E-state index contributed by atoms with van der Waals surface area (Å²) >= 11 is 0. The molecule has 0 unspecified atom stereocenters. The zero-order valence-corrected chi connectivity index (χ0v) is 15.1. The molecule has 3 aromatic rings. The van der Waals surface area contributed by atoms with Gasteiger partial charge in [0.05, 0.1) is 13.2 Å². The van der Waals surface area contributed by atoms with Crippen molar-refractivity contribution < 1.29 is 18.7 Å². The van der Waals surface area contributed by atoms with Gasteiger partial charge in [-0.25, -0.2) is 14.1 Å². The first-order valence-electron chi connectivity index (χ1n) is 8.90. The minimum Gasteiger partial charge on any atom is -0.467 e. The van der Waals surface area contributed by atoms with Crippen LogP contribution in [0.3, 0.4) is 0 Å². The summed E-state index contributed by atoms with van der Waals surface area (Å²) in [5, 5.41) is 6.92. The van der Waals surface area contributed by atoms with Crippen molar-refractivity contribution in [3.8, 4) is 5.75 Å². The average Bonchev–Trinajstić information content (AvgIpc) is 3.21. The molecule has 0 spiro atoms. The zero-order valence-electron chi connectivity index (χ0n) is 15.1. The molecule has 1 aliphatic rings. The molecule has 0 bridgehead atoms. The maximum atomic E-state index is 13.8. The Morgan fingerprint density at radius 2 is 2.11 bits per heavy atom. The summed E-state index contributed by atoms with van der Waals surface area (Å²) < 4.78 is 26.2. The number of carbonyl (C=O) groups is 1. The highest BCUT2D eigenvalue weighted by Crippen LogP contribution is 2.29. The largest absolute Gasteiger partial charge is 0.467 e. The summed E-state index contributed by atoms with van der Waals surface area (Å²) in [6, 6.07) is 10.2. The number of nitrogens with one attached hydrogen (secondary N) is 1. The van der Waals surface area contributed by atoms with E-state index < -0.39 is 0 Å². The third-order valence-electron chi connectivity index (χ3n) is 4.46. The molecular formula is C20H19FN4O3. The highest BCUT2D eigenvalue weighted by molar-refractivity contribution is 5.94. The highest BCUT2D eigenvalue weighted by Gasteiger charge is 2.17. The average molecular weight is 382 g/mol. The predicted octanol–water partition coefficient (Wildman–Crippen LogP) is 2.30. The van der Waals surface area contributed by atoms with Gasteiger partial charge in [-0.15, -0.1) is 0 Å². The summed E-state index contributed by atoms with van der Waals surface area (Å²) in [6.07, 6.45) is 3.59. The Balaban J connectivity index is 1.34. The minimum absolute atomic E-state index is 0.152. The summed E-state index contributed by atoms with van der Waals surface area (Å²) in [5.74, 6) is 0.137. The fraction of sp³-hybridized carbons (Fsp3) is 0.250. The third kappa shape index (κ3) is 4.17. The van der Waals surface area contributed by atoms with Crippen LogP contribution in [0.4, 0.5) is 4.39 Å². The lowest BCUT2D eigenvalue weighted by atomic mass is 10.1. The molecule has 8 heteroatoms. The molecule has 0 aliphatic carbocycles. The Bertz CT molecular complexity index is 958. The van der Waals surface area contributed by atoms with Crippen molar-refractivity contribution in [3.05, 3.63) is 77.1 Å². The number of ether oxygens (including phenoxy) is 2. The van der Waals surface area contributed by atoms with Crippen LogP contribution in [0.1, 0.15) is 27.0 Å². The van der Waals surface area contributed by atoms with Crippen LogP contribution in [-0.4, -0.2) is 34.0 Å². The van der Waals surface area contributed by atoms with Crippen LogP contribution < -0.4 is 10.1 Å². The smallest absolute Gasteiger partial charge is 0.251 e. The number of halogens is 1. The van der Waals surface area contributed by atoms with Crippen LogP contribution in [0.15, 0.2) is 49.1 Å². The van der Waals surface area contributed by atoms with E-state index in [2.05, 4.69) is 15.4 Å². The number of aromatic nitrogens is 3. The molecule has 0 fully saturated rings. The first-order valence-corrected chi connectivity index (χ1v) is 8.90. The summed E-state index contributed by atoms with van der Waals surface area (Å²) in [5.41, 5.74) is 3.00. The molecule has 0 radical (unpaired) electrons. The van der Waals surface area contributed by atoms with Crippen molar-refractivity contribution in [2.24, 2.45) is 0 Å². The van der Waals surface area contributed by atoms with Crippen molar-refractivity contribution in [2.75, 3.05) is 13.3 Å². The normalized spacial score (nSPS) is 12.9. The Labute approximate surface area is 161 Å². The van der Waals surface area contributed by atoms with E-state index in [-0.39, 0.29) is 18.5 Å². The Morgan fingerprint density at radius 3 is 2.89 bits per heavy atom. The molecule has 144 valence electrons. The van der Waals surface area contributed by atoms with Crippen LogP contribution in [0.5, 0.6) is 5.75 Å². The molecule has 1 aliphatic heterocycles. The highest BCUT2D eigenvalue weighted by atomic mass is 19.1. The predicted molar refractivity (Wildman–Crippen MR) is 98.3 cm³/mol. The van der Waals surface area contributed by atoms with E-state index in [9.17, 15) is 9.18 Å². The van der Waals surface area contributed by atoms with Gasteiger partial charge in [0.1, 0.15) is 24.2 Å². The molecule has 0 saturated carbocycles. The Morgan fingerprint density at radius 1 is 1.25 bits per heavy atom. The van der Waals surface area contributed by atoms with E-state index in [4.69, 9.17) is 9.47 Å². The summed E-state index contributed by atoms with van der Waals surface area (Å²) in [6.45, 7) is 1.45. The second-order valence-electron chi connectivity index (χ2n) is 6.46. The van der Waals surface area contributed by atoms with Crippen LogP contribution in [0.25, 0.3) is 0 Å². The molecule has 0 saturated heterocycles. The first kappa shape index (κ1) is 18.1. The SMILES string of the molecule is O=C(NCCc1cc(F)cc2c1OCOC2)c1ccc(Cn2cncn2)cc1. The van der Waals surface area contributed by atoms with E-state index in [0.717, 1.165) is 11.1 Å². The second kappa shape index (κ2) is 8.18. The summed E-state index contributed by atoms with van der Waals surface area (Å²) in [4.78, 5) is 16.3. The van der Waals surface area contributed by atoms with Gasteiger partial charge in [0, 0.05) is 17.7 Å². The minimum atomic E-state index is -0.336. The van der Waals surface area contributed by atoms with Gasteiger partial charge < -0.3 is 14.8 Å². The van der Waals surface area contributed by atoms with Crippen molar-refractivity contribution in [1.82, 2.24) is 20.1 Å². The molecular weight excluding hydrogens is 363 g/mol. The lowest BCUT2D eigenvalue weighted by Crippen LogP contribution is -2.26. The maximum absolute atomic E-state index is 13.8. The second-order valence-corrected chi connectivity index (χ2v) is 6.46. The number of rotatable bonds is 6. The van der Waals surface area contributed by atoms with Crippen LogP contribution in [0, 0.1) is 5.82 Å². The van der Waals surface area contributed by atoms with Gasteiger partial charge in [-0.05, 0) is 41.8 Å². The molecule has 4 rings (SSSR count). The van der Waals surface area contributed by atoms with E-state index in [0.29, 0.717) is 43.0 Å². The van der Waals surface area contributed by atoms with Crippen molar-refractivity contribution in [3.63, 3.8) is 0 Å². The van der Waals surface area contributed by atoms with Crippen LogP contribution in [-0.2, 0) is 24.3 Å². The van der Waals surface area contributed by atoms with Gasteiger partial charge in [0.2, 0.25) is 0 Å².